The van der Waals surface area contributed by atoms with Crippen molar-refractivity contribution in [3.8, 4) is 0 Å². The summed E-state index contributed by atoms with van der Waals surface area (Å²) in [6.07, 6.45) is 5.25. The molecule has 0 fully saturated rings. The molecule has 6 heteroatoms. The van der Waals surface area contributed by atoms with Crippen molar-refractivity contribution in [2.75, 3.05) is 6.61 Å². The SMILES string of the molecule is CC(=O)OCCCCC[C@H]1OC(=O)[C@H](C)[C@H](O)/C=C\CC[C@@H]1O. The molecule has 0 aliphatic carbocycles. The zero-order valence-corrected chi connectivity index (χ0v) is 13.9. The molecule has 0 radical (unpaired) electrons. The minimum Gasteiger partial charge on any atom is -0.466 e. The van der Waals surface area contributed by atoms with Gasteiger partial charge in [-0.15, -0.1) is 0 Å². The molecule has 0 aromatic carbocycles. The minimum atomic E-state index is -0.859. The third-order valence-corrected chi connectivity index (χ3v) is 3.98. The molecule has 2 N–H and O–H groups in total. The van der Waals surface area contributed by atoms with Crippen LogP contribution in [0.5, 0.6) is 0 Å². The van der Waals surface area contributed by atoms with Gasteiger partial charge in [0.25, 0.3) is 0 Å². The van der Waals surface area contributed by atoms with Crippen LogP contribution in [0.2, 0.25) is 0 Å². The van der Waals surface area contributed by atoms with E-state index >= 15 is 0 Å². The lowest BCUT2D eigenvalue weighted by molar-refractivity contribution is -0.163. The minimum absolute atomic E-state index is 0.290. The van der Waals surface area contributed by atoms with Gasteiger partial charge in [0, 0.05) is 6.92 Å². The van der Waals surface area contributed by atoms with Gasteiger partial charge in [0.2, 0.25) is 0 Å². The number of esters is 2. The van der Waals surface area contributed by atoms with Gasteiger partial charge in [0.1, 0.15) is 6.10 Å². The average molecular weight is 328 g/mol. The van der Waals surface area contributed by atoms with Gasteiger partial charge in [-0.1, -0.05) is 12.2 Å². The van der Waals surface area contributed by atoms with Crippen LogP contribution in [-0.4, -0.2) is 47.1 Å². The van der Waals surface area contributed by atoms with E-state index in [2.05, 4.69) is 0 Å². The van der Waals surface area contributed by atoms with Crippen molar-refractivity contribution < 1.29 is 29.3 Å². The lowest BCUT2D eigenvalue weighted by Crippen LogP contribution is -2.36. The molecular formula is C17H28O6. The summed E-state index contributed by atoms with van der Waals surface area (Å²) < 4.78 is 10.3. The maximum absolute atomic E-state index is 12.0. The van der Waals surface area contributed by atoms with Crippen LogP contribution in [0, 0.1) is 5.92 Å². The van der Waals surface area contributed by atoms with Crippen LogP contribution in [0.3, 0.4) is 0 Å². The van der Waals surface area contributed by atoms with Crippen LogP contribution in [0.25, 0.3) is 0 Å². The van der Waals surface area contributed by atoms with Crippen LogP contribution in [0.15, 0.2) is 12.2 Å². The summed E-state index contributed by atoms with van der Waals surface area (Å²) >= 11 is 0. The molecule has 0 unspecified atom stereocenters. The van der Waals surface area contributed by atoms with E-state index < -0.39 is 30.2 Å². The second kappa shape index (κ2) is 10.4. The van der Waals surface area contributed by atoms with E-state index in [4.69, 9.17) is 9.47 Å². The van der Waals surface area contributed by atoms with Crippen molar-refractivity contribution in [2.24, 2.45) is 5.92 Å². The quantitative estimate of drug-likeness (QED) is 0.438. The molecule has 0 aromatic rings. The Labute approximate surface area is 137 Å². The number of cyclic esters (lactones) is 1. The zero-order chi connectivity index (χ0) is 17.2. The van der Waals surface area contributed by atoms with Crippen molar-refractivity contribution >= 4 is 11.9 Å². The lowest BCUT2D eigenvalue weighted by atomic mass is 9.98. The number of aliphatic hydroxyl groups is 2. The number of allylic oxidation sites excluding steroid dienone is 1. The largest absolute Gasteiger partial charge is 0.466 e. The molecular weight excluding hydrogens is 300 g/mol. The zero-order valence-electron chi connectivity index (χ0n) is 13.9. The molecule has 132 valence electrons. The van der Waals surface area contributed by atoms with Crippen LogP contribution in [0.4, 0.5) is 0 Å². The fraction of sp³-hybridized carbons (Fsp3) is 0.765. The highest BCUT2D eigenvalue weighted by atomic mass is 16.6. The van der Waals surface area contributed by atoms with E-state index in [1.54, 1.807) is 19.1 Å². The van der Waals surface area contributed by atoms with Crippen molar-refractivity contribution in [3.63, 3.8) is 0 Å². The Morgan fingerprint density at radius 1 is 1.35 bits per heavy atom. The molecule has 0 saturated heterocycles. The van der Waals surface area contributed by atoms with Gasteiger partial charge >= 0.3 is 11.9 Å². The monoisotopic (exact) mass is 328 g/mol. The first kappa shape index (κ1) is 19.6. The van der Waals surface area contributed by atoms with Crippen LogP contribution in [0.1, 0.15) is 52.4 Å². The van der Waals surface area contributed by atoms with E-state index in [9.17, 15) is 19.8 Å². The molecule has 0 saturated carbocycles. The molecule has 0 bridgehead atoms. The topological polar surface area (TPSA) is 93.1 Å². The third-order valence-electron chi connectivity index (χ3n) is 3.98. The summed E-state index contributed by atoms with van der Waals surface area (Å²) in [5.74, 6) is -1.43. The van der Waals surface area contributed by atoms with Crippen molar-refractivity contribution in [1.29, 1.82) is 0 Å². The number of hydrogen-bond acceptors (Lipinski definition) is 6. The number of ether oxygens (including phenoxy) is 2. The summed E-state index contributed by atoms with van der Waals surface area (Å²) in [5.41, 5.74) is 0. The Bertz CT molecular complexity index is 406. The summed E-state index contributed by atoms with van der Waals surface area (Å²) in [4.78, 5) is 22.7. The number of carbonyl (C=O) groups is 2. The van der Waals surface area contributed by atoms with Gasteiger partial charge in [0.15, 0.2) is 0 Å². The second-order valence-corrected chi connectivity index (χ2v) is 6.02. The molecule has 0 amide bonds. The van der Waals surface area contributed by atoms with Gasteiger partial charge in [-0.3, -0.25) is 9.59 Å². The molecule has 1 aliphatic rings. The van der Waals surface area contributed by atoms with Gasteiger partial charge in [0.05, 0.1) is 24.7 Å². The fourth-order valence-electron chi connectivity index (χ4n) is 2.42. The molecule has 6 nitrogen and oxygen atoms in total. The predicted octanol–water partition coefficient (Wildman–Crippen LogP) is 1.73. The predicted molar refractivity (Wildman–Crippen MR) is 84.5 cm³/mol. The Balaban J connectivity index is 2.45. The first-order valence-electron chi connectivity index (χ1n) is 8.28. The number of unbranched alkanes of at least 4 members (excludes halogenated alkanes) is 2. The smallest absolute Gasteiger partial charge is 0.311 e. The van der Waals surface area contributed by atoms with E-state index in [1.165, 1.54) is 6.92 Å². The van der Waals surface area contributed by atoms with Crippen molar-refractivity contribution in [2.45, 2.75) is 70.7 Å². The highest BCUT2D eigenvalue weighted by molar-refractivity contribution is 5.73. The van der Waals surface area contributed by atoms with Gasteiger partial charge < -0.3 is 19.7 Å². The summed E-state index contributed by atoms with van der Waals surface area (Å²) in [6, 6.07) is 0. The second-order valence-electron chi connectivity index (χ2n) is 6.02. The molecule has 4 atom stereocenters. The Hall–Kier alpha value is -1.40. The van der Waals surface area contributed by atoms with E-state index in [1.807, 2.05) is 0 Å². The molecule has 0 aromatic heterocycles. The van der Waals surface area contributed by atoms with Crippen LogP contribution in [-0.2, 0) is 19.1 Å². The average Bonchev–Trinajstić information content (AvgIpc) is 2.51. The molecule has 23 heavy (non-hydrogen) atoms. The normalized spacial score (nSPS) is 30.3. The maximum Gasteiger partial charge on any atom is 0.311 e. The Morgan fingerprint density at radius 3 is 2.78 bits per heavy atom. The van der Waals surface area contributed by atoms with Crippen molar-refractivity contribution in [3.05, 3.63) is 12.2 Å². The first-order valence-corrected chi connectivity index (χ1v) is 8.28. The number of aliphatic hydroxyl groups excluding tert-OH is 2. The highest BCUT2D eigenvalue weighted by Gasteiger charge is 2.28. The molecule has 1 aliphatic heterocycles. The van der Waals surface area contributed by atoms with Crippen molar-refractivity contribution in [1.82, 2.24) is 0 Å². The van der Waals surface area contributed by atoms with E-state index in [0.717, 1.165) is 19.3 Å². The molecule has 1 rings (SSSR count). The van der Waals surface area contributed by atoms with Gasteiger partial charge in [-0.25, -0.2) is 0 Å². The number of carbonyl (C=O) groups excluding carboxylic acids is 2. The molecule has 1 heterocycles. The summed E-state index contributed by atoms with van der Waals surface area (Å²) in [5, 5.41) is 20.0. The fourth-order valence-corrected chi connectivity index (χ4v) is 2.42. The maximum atomic E-state index is 12.0. The van der Waals surface area contributed by atoms with Gasteiger partial charge in [-0.05, 0) is 45.4 Å². The Morgan fingerprint density at radius 2 is 2.09 bits per heavy atom. The number of rotatable bonds is 6. The lowest BCUT2D eigenvalue weighted by Gasteiger charge is -2.26. The van der Waals surface area contributed by atoms with Crippen LogP contribution < -0.4 is 0 Å². The summed E-state index contributed by atoms with van der Waals surface area (Å²) in [7, 11) is 0. The first-order chi connectivity index (χ1) is 10.9. The number of hydrogen-bond donors (Lipinski definition) is 2. The Kier molecular flexibility index (Phi) is 8.87. The molecule has 0 spiro atoms. The third kappa shape index (κ3) is 7.61. The summed E-state index contributed by atoms with van der Waals surface area (Å²) in [6.45, 7) is 3.37. The van der Waals surface area contributed by atoms with Gasteiger partial charge in [-0.2, -0.15) is 0 Å². The van der Waals surface area contributed by atoms with E-state index in [-0.39, 0.29) is 5.97 Å². The standard InChI is InChI=1S/C17H28O6/c1-12-14(19)8-5-6-9-15(20)16(23-17(12)21)10-4-3-7-11-22-13(2)18/h5,8,12,14-16,19-20H,3-4,6-7,9-11H2,1-2H3/b8-5-/t12-,14-,15+,16-/m1/s1. The van der Waals surface area contributed by atoms with Crippen LogP contribution >= 0.6 is 0 Å². The highest BCUT2D eigenvalue weighted by Crippen LogP contribution is 2.19. The van der Waals surface area contributed by atoms with E-state index in [0.29, 0.717) is 25.9 Å².